The van der Waals surface area contributed by atoms with Crippen molar-refractivity contribution in [2.75, 3.05) is 23.1 Å². The minimum absolute atomic E-state index is 0.0980. The van der Waals surface area contributed by atoms with E-state index in [2.05, 4.69) is 5.32 Å². The summed E-state index contributed by atoms with van der Waals surface area (Å²) in [6.45, 7) is 2.09. The SMILES string of the molecule is Cc1ccccc1N(CC(=O)NCCSC1CCCCC1)S(=O)(=O)c1ccc(Cl)cc1. The molecule has 0 spiro atoms. The molecule has 0 atom stereocenters. The molecule has 3 rings (SSSR count). The number of aryl methyl sites for hydroxylation is 1. The van der Waals surface area contributed by atoms with Crippen LogP contribution in [0.2, 0.25) is 5.02 Å². The molecule has 168 valence electrons. The first-order valence-electron chi connectivity index (χ1n) is 10.6. The molecule has 0 saturated heterocycles. The molecule has 1 aliphatic carbocycles. The fraction of sp³-hybridized carbons (Fsp3) is 0.435. The maximum Gasteiger partial charge on any atom is 0.264 e. The molecule has 8 heteroatoms. The maximum absolute atomic E-state index is 13.4. The van der Waals surface area contributed by atoms with E-state index < -0.39 is 10.0 Å². The Bertz CT molecular complexity index is 975. The molecule has 1 N–H and O–H groups in total. The number of nitrogens with one attached hydrogen (secondary N) is 1. The van der Waals surface area contributed by atoms with Crippen LogP contribution in [-0.4, -0.2) is 38.4 Å². The Hall–Kier alpha value is -1.70. The van der Waals surface area contributed by atoms with E-state index in [-0.39, 0.29) is 17.3 Å². The van der Waals surface area contributed by atoms with Gasteiger partial charge in [-0.2, -0.15) is 11.8 Å². The molecule has 1 amide bonds. The minimum atomic E-state index is -3.93. The number of para-hydroxylation sites is 1. The van der Waals surface area contributed by atoms with Crippen molar-refractivity contribution in [3.63, 3.8) is 0 Å². The van der Waals surface area contributed by atoms with Crippen LogP contribution in [0.25, 0.3) is 0 Å². The van der Waals surface area contributed by atoms with E-state index in [1.54, 1.807) is 12.1 Å². The number of anilines is 1. The third-order valence-corrected chi connectivity index (χ3v) is 8.81. The molecule has 0 aliphatic heterocycles. The summed E-state index contributed by atoms with van der Waals surface area (Å²) in [4.78, 5) is 12.8. The van der Waals surface area contributed by atoms with Gasteiger partial charge in [-0.05, 0) is 55.7 Å². The number of rotatable bonds is 9. The molecule has 5 nitrogen and oxygen atoms in total. The predicted molar refractivity (Wildman–Crippen MR) is 130 cm³/mol. The fourth-order valence-corrected chi connectivity index (χ4v) is 6.54. The maximum atomic E-state index is 13.4. The lowest BCUT2D eigenvalue weighted by Gasteiger charge is -2.26. The van der Waals surface area contributed by atoms with Gasteiger partial charge < -0.3 is 5.32 Å². The van der Waals surface area contributed by atoms with E-state index in [0.29, 0.717) is 22.5 Å². The quantitative estimate of drug-likeness (QED) is 0.511. The molecule has 1 aliphatic rings. The molecule has 0 bridgehead atoms. The highest BCUT2D eigenvalue weighted by atomic mass is 35.5. The first-order valence-corrected chi connectivity index (χ1v) is 13.5. The Labute approximate surface area is 194 Å². The van der Waals surface area contributed by atoms with E-state index in [1.807, 2.05) is 30.8 Å². The van der Waals surface area contributed by atoms with Gasteiger partial charge in [0.25, 0.3) is 10.0 Å². The first kappa shape index (κ1) is 24.0. The minimum Gasteiger partial charge on any atom is -0.354 e. The van der Waals surface area contributed by atoms with Gasteiger partial charge >= 0.3 is 0 Å². The van der Waals surface area contributed by atoms with Crippen LogP contribution >= 0.6 is 23.4 Å². The van der Waals surface area contributed by atoms with Crippen molar-refractivity contribution >= 4 is 45.0 Å². The van der Waals surface area contributed by atoms with Crippen molar-refractivity contribution in [3.8, 4) is 0 Å². The molecule has 2 aromatic carbocycles. The van der Waals surface area contributed by atoms with E-state index >= 15 is 0 Å². The van der Waals surface area contributed by atoms with Crippen molar-refractivity contribution in [1.82, 2.24) is 5.32 Å². The number of amides is 1. The van der Waals surface area contributed by atoms with Crippen LogP contribution in [0.3, 0.4) is 0 Å². The third-order valence-electron chi connectivity index (χ3n) is 5.40. The predicted octanol–water partition coefficient (Wildman–Crippen LogP) is 5.03. The molecule has 0 aromatic heterocycles. The Balaban J connectivity index is 1.69. The molecule has 0 unspecified atom stereocenters. The zero-order valence-corrected chi connectivity index (χ0v) is 20.1. The van der Waals surface area contributed by atoms with Crippen molar-refractivity contribution in [1.29, 1.82) is 0 Å². The molecular formula is C23H29ClN2O3S2. The molecule has 1 fully saturated rings. The largest absolute Gasteiger partial charge is 0.354 e. The van der Waals surface area contributed by atoms with E-state index in [0.717, 1.165) is 11.3 Å². The van der Waals surface area contributed by atoms with Crippen LogP contribution in [0.1, 0.15) is 37.7 Å². The zero-order chi connectivity index (χ0) is 22.3. The number of halogens is 1. The van der Waals surface area contributed by atoms with Crippen molar-refractivity contribution in [3.05, 3.63) is 59.1 Å². The summed E-state index contributed by atoms with van der Waals surface area (Å²) in [6.07, 6.45) is 6.40. The second-order valence-electron chi connectivity index (χ2n) is 7.73. The normalized spacial score (nSPS) is 14.9. The van der Waals surface area contributed by atoms with Crippen molar-refractivity contribution in [2.24, 2.45) is 0 Å². The van der Waals surface area contributed by atoms with Gasteiger partial charge in [0.05, 0.1) is 10.6 Å². The summed E-state index contributed by atoms with van der Waals surface area (Å²) in [5.74, 6) is 0.523. The lowest BCUT2D eigenvalue weighted by Crippen LogP contribution is -2.41. The third kappa shape index (κ3) is 6.64. The Kier molecular flexibility index (Phi) is 8.69. The van der Waals surface area contributed by atoms with Gasteiger partial charge in [-0.3, -0.25) is 9.10 Å². The Morgan fingerprint density at radius 2 is 1.77 bits per heavy atom. The molecule has 0 heterocycles. The average molecular weight is 481 g/mol. The number of sulfonamides is 1. The molecular weight excluding hydrogens is 452 g/mol. The van der Waals surface area contributed by atoms with E-state index in [4.69, 9.17) is 11.6 Å². The van der Waals surface area contributed by atoms with Crippen molar-refractivity contribution < 1.29 is 13.2 Å². The fourth-order valence-electron chi connectivity index (χ4n) is 3.71. The van der Waals surface area contributed by atoms with Crippen LogP contribution in [0, 0.1) is 6.92 Å². The monoisotopic (exact) mass is 480 g/mol. The summed E-state index contributed by atoms with van der Waals surface area (Å²) in [5, 5.41) is 4.02. The van der Waals surface area contributed by atoms with Crippen LogP contribution in [-0.2, 0) is 14.8 Å². The molecule has 1 saturated carbocycles. The van der Waals surface area contributed by atoms with E-state index in [9.17, 15) is 13.2 Å². The summed E-state index contributed by atoms with van der Waals surface area (Å²) in [5.41, 5.74) is 1.27. The average Bonchev–Trinajstić information content (AvgIpc) is 2.77. The molecule has 2 aromatic rings. The van der Waals surface area contributed by atoms with Crippen LogP contribution in [0.4, 0.5) is 5.69 Å². The number of thioether (sulfide) groups is 1. The second-order valence-corrected chi connectivity index (χ2v) is 11.4. The highest BCUT2D eigenvalue weighted by Gasteiger charge is 2.28. The number of carbonyl (C=O) groups excluding carboxylic acids is 1. The number of hydrogen-bond donors (Lipinski definition) is 1. The number of carbonyl (C=O) groups is 1. The lowest BCUT2D eigenvalue weighted by molar-refractivity contribution is -0.119. The summed E-state index contributed by atoms with van der Waals surface area (Å²) in [7, 11) is -3.93. The van der Waals surface area contributed by atoms with Crippen LogP contribution < -0.4 is 9.62 Å². The lowest BCUT2D eigenvalue weighted by atomic mass is 10.0. The highest BCUT2D eigenvalue weighted by Crippen LogP contribution is 2.28. The smallest absolute Gasteiger partial charge is 0.264 e. The van der Waals surface area contributed by atoms with Gasteiger partial charge in [-0.25, -0.2) is 8.42 Å². The topological polar surface area (TPSA) is 66.5 Å². The zero-order valence-electron chi connectivity index (χ0n) is 17.7. The molecule has 31 heavy (non-hydrogen) atoms. The van der Waals surface area contributed by atoms with Crippen LogP contribution in [0.15, 0.2) is 53.4 Å². The standard InChI is InChI=1S/C23H29ClN2O3S2/c1-18-7-5-6-10-22(18)26(31(28,29)21-13-11-19(24)12-14-21)17-23(27)25-15-16-30-20-8-3-2-4-9-20/h5-7,10-14,20H,2-4,8-9,15-17H2,1H3,(H,25,27). The Morgan fingerprint density at radius 1 is 1.10 bits per heavy atom. The summed E-state index contributed by atoms with van der Waals surface area (Å²) < 4.78 is 27.9. The van der Waals surface area contributed by atoms with Gasteiger partial charge in [0, 0.05) is 22.6 Å². The number of benzene rings is 2. The number of nitrogens with zero attached hydrogens (tertiary/aromatic N) is 1. The first-order chi connectivity index (χ1) is 14.9. The number of hydrogen-bond acceptors (Lipinski definition) is 4. The van der Waals surface area contributed by atoms with Crippen molar-refractivity contribution in [2.45, 2.75) is 49.2 Å². The van der Waals surface area contributed by atoms with Gasteiger partial charge in [-0.1, -0.05) is 49.1 Å². The van der Waals surface area contributed by atoms with Gasteiger partial charge in [0.1, 0.15) is 6.54 Å². The van der Waals surface area contributed by atoms with Gasteiger partial charge in [0.15, 0.2) is 0 Å². The Morgan fingerprint density at radius 3 is 2.45 bits per heavy atom. The van der Waals surface area contributed by atoms with E-state index in [1.165, 1.54) is 60.7 Å². The summed E-state index contributed by atoms with van der Waals surface area (Å²) >= 11 is 7.82. The second kappa shape index (κ2) is 11.2. The molecule has 0 radical (unpaired) electrons. The van der Waals surface area contributed by atoms with Gasteiger partial charge in [-0.15, -0.1) is 0 Å². The summed E-state index contributed by atoms with van der Waals surface area (Å²) in [6, 6.07) is 13.1. The highest BCUT2D eigenvalue weighted by molar-refractivity contribution is 7.99. The van der Waals surface area contributed by atoms with Crippen LogP contribution in [0.5, 0.6) is 0 Å². The van der Waals surface area contributed by atoms with Gasteiger partial charge in [0.2, 0.25) is 5.91 Å².